The molecule has 2 N–H and O–H groups in total. The standard InChI is InChI=1S/C21H24F2N6O/c1-15-6-7-19(30-20(22)23)18(8-15)11-27-21(24-2)26-10-16-4-3-5-17(9-16)12-29-14-25-13-28-29/h3-9,13-14,20H,10-12H2,1-2H3,(H2,24,26,27). The van der Waals surface area contributed by atoms with Gasteiger partial charge in [0.2, 0.25) is 0 Å². The first kappa shape index (κ1) is 21.2. The first-order valence-corrected chi connectivity index (χ1v) is 9.42. The number of halogens is 2. The number of aromatic nitrogens is 3. The molecular formula is C21H24F2N6O. The Bertz CT molecular complexity index is 975. The highest BCUT2D eigenvalue weighted by atomic mass is 19.3. The molecule has 0 fully saturated rings. The van der Waals surface area contributed by atoms with E-state index in [9.17, 15) is 8.78 Å². The fourth-order valence-corrected chi connectivity index (χ4v) is 2.98. The van der Waals surface area contributed by atoms with Crippen LogP contribution in [0.1, 0.15) is 22.3 Å². The normalized spacial score (nSPS) is 11.6. The minimum absolute atomic E-state index is 0.152. The Labute approximate surface area is 173 Å². The minimum Gasteiger partial charge on any atom is -0.434 e. The number of hydrogen-bond acceptors (Lipinski definition) is 4. The molecule has 0 saturated heterocycles. The molecule has 158 valence electrons. The number of benzene rings is 2. The van der Waals surface area contributed by atoms with E-state index in [4.69, 9.17) is 0 Å². The lowest BCUT2D eigenvalue weighted by molar-refractivity contribution is -0.0504. The van der Waals surface area contributed by atoms with Gasteiger partial charge in [-0.2, -0.15) is 13.9 Å². The van der Waals surface area contributed by atoms with Crippen LogP contribution in [0.5, 0.6) is 5.75 Å². The summed E-state index contributed by atoms with van der Waals surface area (Å²) in [4.78, 5) is 8.15. The fourth-order valence-electron chi connectivity index (χ4n) is 2.98. The number of ether oxygens (including phenoxy) is 1. The highest BCUT2D eigenvalue weighted by Gasteiger charge is 2.10. The summed E-state index contributed by atoms with van der Waals surface area (Å²) in [7, 11) is 1.66. The second kappa shape index (κ2) is 10.3. The van der Waals surface area contributed by atoms with Crippen LogP contribution in [0.2, 0.25) is 0 Å². The van der Waals surface area contributed by atoms with Crippen molar-refractivity contribution in [2.75, 3.05) is 7.05 Å². The van der Waals surface area contributed by atoms with Gasteiger partial charge in [-0.05, 0) is 24.1 Å². The molecule has 0 aliphatic carbocycles. The topological polar surface area (TPSA) is 76.4 Å². The third-order valence-electron chi connectivity index (χ3n) is 4.36. The van der Waals surface area contributed by atoms with E-state index in [1.165, 1.54) is 6.33 Å². The third-order valence-corrected chi connectivity index (χ3v) is 4.36. The molecule has 30 heavy (non-hydrogen) atoms. The summed E-state index contributed by atoms with van der Waals surface area (Å²) < 4.78 is 31.6. The van der Waals surface area contributed by atoms with Crippen molar-refractivity contribution in [1.29, 1.82) is 0 Å². The maximum atomic E-state index is 12.6. The van der Waals surface area contributed by atoms with Crippen LogP contribution in [-0.4, -0.2) is 34.4 Å². The van der Waals surface area contributed by atoms with E-state index >= 15 is 0 Å². The molecule has 0 unspecified atom stereocenters. The van der Waals surface area contributed by atoms with E-state index in [1.807, 2.05) is 31.2 Å². The average Bonchev–Trinajstić information content (AvgIpc) is 3.23. The van der Waals surface area contributed by atoms with E-state index < -0.39 is 6.61 Å². The maximum absolute atomic E-state index is 12.6. The molecule has 0 amide bonds. The van der Waals surface area contributed by atoms with Crippen LogP contribution >= 0.6 is 0 Å². The van der Waals surface area contributed by atoms with Gasteiger partial charge in [0.05, 0.1) is 6.54 Å². The molecule has 3 rings (SSSR count). The van der Waals surface area contributed by atoms with E-state index in [0.29, 0.717) is 31.2 Å². The first-order valence-electron chi connectivity index (χ1n) is 9.42. The maximum Gasteiger partial charge on any atom is 0.387 e. The Hall–Kier alpha value is -3.49. The van der Waals surface area contributed by atoms with Crippen LogP contribution in [0.25, 0.3) is 0 Å². The number of hydrogen-bond donors (Lipinski definition) is 2. The Kier molecular flexibility index (Phi) is 7.31. The molecule has 0 bridgehead atoms. The van der Waals surface area contributed by atoms with Crippen molar-refractivity contribution in [2.24, 2.45) is 4.99 Å². The number of alkyl halides is 2. The number of rotatable bonds is 8. The van der Waals surface area contributed by atoms with E-state index in [-0.39, 0.29) is 5.75 Å². The van der Waals surface area contributed by atoms with Gasteiger partial charge in [-0.25, -0.2) is 9.67 Å². The molecule has 7 nitrogen and oxygen atoms in total. The number of aryl methyl sites for hydroxylation is 1. The van der Waals surface area contributed by atoms with Crippen molar-refractivity contribution >= 4 is 5.96 Å². The Morgan fingerprint density at radius 2 is 1.93 bits per heavy atom. The Balaban J connectivity index is 1.57. The van der Waals surface area contributed by atoms with Gasteiger partial charge in [0.25, 0.3) is 0 Å². The number of nitrogens with one attached hydrogen (secondary N) is 2. The largest absolute Gasteiger partial charge is 0.434 e. The molecule has 0 atom stereocenters. The summed E-state index contributed by atoms with van der Waals surface area (Å²) in [5, 5.41) is 10.5. The molecular weight excluding hydrogens is 390 g/mol. The molecule has 2 aromatic carbocycles. The highest BCUT2D eigenvalue weighted by molar-refractivity contribution is 5.79. The summed E-state index contributed by atoms with van der Waals surface area (Å²) >= 11 is 0. The van der Waals surface area contributed by atoms with E-state index in [0.717, 1.165) is 16.7 Å². The number of guanidine groups is 1. The lowest BCUT2D eigenvalue weighted by Gasteiger charge is -2.15. The predicted octanol–water partition coefficient (Wildman–Crippen LogP) is 3.10. The van der Waals surface area contributed by atoms with Gasteiger partial charge >= 0.3 is 6.61 Å². The number of nitrogens with zero attached hydrogens (tertiary/aromatic N) is 4. The second-order valence-electron chi connectivity index (χ2n) is 6.68. The molecule has 3 aromatic rings. The zero-order valence-electron chi connectivity index (χ0n) is 16.8. The molecule has 0 radical (unpaired) electrons. The monoisotopic (exact) mass is 414 g/mol. The minimum atomic E-state index is -2.87. The molecule has 0 aliphatic heterocycles. The Morgan fingerprint density at radius 1 is 1.13 bits per heavy atom. The SMILES string of the molecule is CN=C(NCc1cccc(Cn2cncn2)c1)NCc1cc(C)ccc1OC(F)F. The van der Waals surface area contributed by atoms with Crippen molar-refractivity contribution in [3.63, 3.8) is 0 Å². The van der Waals surface area contributed by atoms with Crippen LogP contribution in [0, 0.1) is 6.92 Å². The highest BCUT2D eigenvalue weighted by Crippen LogP contribution is 2.22. The van der Waals surface area contributed by atoms with E-state index in [1.54, 1.807) is 30.2 Å². The van der Waals surface area contributed by atoms with E-state index in [2.05, 4.69) is 36.5 Å². The molecule has 0 aliphatic rings. The molecule has 1 aromatic heterocycles. The van der Waals surface area contributed by atoms with Gasteiger partial charge < -0.3 is 15.4 Å². The van der Waals surface area contributed by atoms with Crippen LogP contribution < -0.4 is 15.4 Å². The van der Waals surface area contributed by atoms with Gasteiger partial charge in [0.15, 0.2) is 5.96 Å². The van der Waals surface area contributed by atoms with Crippen molar-refractivity contribution in [3.05, 3.63) is 77.4 Å². The van der Waals surface area contributed by atoms with Crippen molar-refractivity contribution in [3.8, 4) is 5.75 Å². The van der Waals surface area contributed by atoms with Crippen LogP contribution in [0.15, 0.2) is 60.1 Å². The Morgan fingerprint density at radius 3 is 2.67 bits per heavy atom. The first-order chi connectivity index (χ1) is 14.5. The third kappa shape index (κ3) is 6.26. The zero-order chi connectivity index (χ0) is 21.3. The van der Waals surface area contributed by atoms with Crippen LogP contribution in [0.4, 0.5) is 8.78 Å². The quantitative estimate of drug-likeness (QED) is 0.438. The summed E-state index contributed by atoms with van der Waals surface area (Å²) in [6.45, 7) is 0.527. The summed E-state index contributed by atoms with van der Waals surface area (Å²) in [6.07, 6.45) is 3.18. The lowest BCUT2D eigenvalue weighted by atomic mass is 10.1. The second-order valence-corrected chi connectivity index (χ2v) is 6.68. The van der Waals surface area contributed by atoms with Gasteiger partial charge in [0.1, 0.15) is 18.4 Å². The predicted molar refractivity (Wildman–Crippen MR) is 110 cm³/mol. The van der Waals surface area contributed by atoms with Gasteiger partial charge in [-0.3, -0.25) is 4.99 Å². The fraction of sp³-hybridized carbons (Fsp3) is 0.286. The van der Waals surface area contributed by atoms with Crippen LogP contribution in [0.3, 0.4) is 0 Å². The summed E-state index contributed by atoms with van der Waals surface area (Å²) in [5.41, 5.74) is 3.78. The van der Waals surface area contributed by atoms with Crippen molar-refractivity contribution in [2.45, 2.75) is 33.2 Å². The lowest BCUT2D eigenvalue weighted by Crippen LogP contribution is -2.36. The average molecular weight is 414 g/mol. The molecule has 0 saturated carbocycles. The smallest absolute Gasteiger partial charge is 0.387 e. The summed E-state index contributed by atoms with van der Waals surface area (Å²) in [6, 6.07) is 13.2. The van der Waals surface area contributed by atoms with Gasteiger partial charge in [-0.1, -0.05) is 42.0 Å². The van der Waals surface area contributed by atoms with Gasteiger partial charge in [0, 0.05) is 25.7 Å². The van der Waals surface area contributed by atoms with Crippen molar-refractivity contribution in [1.82, 2.24) is 25.4 Å². The van der Waals surface area contributed by atoms with Crippen LogP contribution in [-0.2, 0) is 19.6 Å². The molecule has 0 spiro atoms. The molecule has 9 heteroatoms. The van der Waals surface area contributed by atoms with Crippen molar-refractivity contribution < 1.29 is 13.5 Å². The number of aliphatic imine (C=N–C) groups is 1. The van der Waals surface area contributed by atoms with Gasteiger partial charge in [-0.15, -0.1) is 0 Å². The summed E-state index contributed by atoms with van der Waals surface area (Å²) in [5.74, 6) is 0.709. The zero-order valence-corrected chi connectivity index (χ0v) is 16.8. The molecule has 1 heterocycles.